The molecule has 0 spiro atoms. The van der Waals surface area contributed by atoms with Gasteiger partial charge in [-0.05, 0) is 47.5 Å². The number of halogens is 1. The molecule has 0 saturated carbocycles. The molecule has 0 radical (unpaired) electrons. The Morgan fingerprint density at radius 3 is 2.04 bits per heavy atom. The number of benzene rings is 1. The molecular formula is C22H31FO2. The van der Waals surface area contributed by atoms with E-state index in [0.29, 0.717) is 17.6 Å². The monoisotopic (exact) mass is 346 g/mol. The minimum Gasteiger partial charge on any atom is -0.390 e. The van der Waals surface area contributed by atoms with Gasteiger partial charge in [0.15, 0.2) is 0 Å². The number of hydrogen-bond acceptors (Lipinski definition) is 2. The molecule has 3 atom stereocenters. The second kappa shape index (κ2) is 7.43. The van der Waals surface area contributed by atoms with Crippen LogP contribution in [-0.4, -0.2) is 21.9 Å². The predicted octanol–water partition coefficient (Wildman–Crippen LogP) is 5.13. The fraction of sp³-hybridized carbons (Fsp3) is 0.545. The second-order valence-corrected chi connectivity index (χ2v) is 7.71. The average Bonchev–Trinajstić information content (AvgIpc) is 2.53. The molecule has 0 amide bonds. The number of aliphatic hydroxyl groups excluding tert-OH is 1. The van der Waals surface area contributed by atoms with E-state index in [2.05, 4.69) is 0 Å². The van der Waals surface area contributed by atoms with Gasteiger partial charge in [0.25, 0.3) is 0 Å². The summed E-state index contributed by atoms with van der Waals surface area (Å²) < 4.78 is 15.6. The summed E-state index contributed by atoms with van der Waals surface area (Å²) in [6.07, 6.45) is -0.485. The van der Waals surface area contributed by atoms with E-state index < -0.39 is 17.6 Å². The van der Waals surface area contributed by atoms with Gasteiger partial charge in [0.1, 0.15) is 11.4 Å². The van der Waals surface area contributed by atoms with Gasteiger partial charge in [-0.1, -0.05) is 65.0 Å². The van der Waals surface area contributed by atoms with E-state index >= 15 is 4.39 Å². The van der Waals surface area contributed by atoms with Crippen molar-refractivity contribution in [1.82, 2.24) is 0 Å². The maximum Gasteiger partial charge on any atom is 0.125 e. The molecular weight excluding hydrogens is 315 g/mol. The lowest BCUT2D eigenvalue weighted by atomic mass is 9.62. The van der Waals surface area contributed by atoms with Crippen molar-refractivity contribution in [2.45, 2.75) is 59.7 Å². The highest BCUT2D eigenvalue weighted by Gasteiger charge is 2.53. The molecule has 2 N–H and O–H groups in total. The zero-order valence-electron chi connectivity index (χ0n) is 16.2. The molecule has 25 heavy (non-hydrogen) atoms. The third-order valence-electron chi connectivity index (χ3n) is 5.33. The molecule has 0 saturated heterocycles. The zero-order valence-corrected chi connectivity index (χ0v) is 16.2. The van der Waals surface area contributed by atoms with E-state index in [1.165, 1.54) is 0 Å². The van der Waals surface area contributed by atoms with Gasteiger partial charge >= 0.3 is 0 Å². The van der Waals surface area contributed by atoms with Gasteiger partial charge in [-0.15, -0.1) is 0 Å². The van der Waals surface area contributed by atoms with E-state index in [-0.39, 0.29) is 17.7 Å². The van der Waals surface area contributed by atoms with Crippen LogP contribution in [0.1, 0.15) is 53.5 Å². The molecule has 1 aliphatic carbocycles. The Morgan fingerprint density at radius 1 is 1.08 bits per heavy atom. The van der Waals surface area contributed by atoms with E-state index in [0.717, 1.165) is 11.1 Å². The SMILES string of the molecule is CCC1=C(c2ccccc2)C(O)(C(C)O)C(C(C)C)C(F)=C1C(C)C. The van der Waals surface area contributed by atoms with Gasteiger partial charge in [-0.25, -0.2) is 4.39 Å². The fourth-order valence-electron chi connectivity index (χ4n) is 4.31. The third-order valence-corrected chi connectivity index (χ3v) is 5.33. The lowest BCUT2D eigenvalue weighted by Gasteiger charge is -2.47. The smallest absolute Gasteiger partial charge is 0.125 e. The Labute approximate surface area is 151 Å². The van der Waals surface area contributed by atoms with Crippen LogP contribution < -0.4 is 0 Å². The maximum absolute atomic E-state index is 15.6. The first-order valence-corrected chi connectivity index (χ1v) is 9.27. The first-order valence-electron chi connectivity index (χ1n) is 9.27. The molecule has 0 aromatic heterocycles. The zero-order chi connectivity index (χ0) is 18.9. The number of allylic oxidation sites excluding steroid dienone is 2. The van der Waals surface area contributed by atoms with Gasteiger partial charge in [0, 0.05) is 5.92 Å². The number of aliphatic hydroxyl groups is 2. The van der Waals surface area contributed by atoms with E-state index in [1.54, 1.807) is 6.92 Å². The third kappa shape index (κ3) is 3.20. The summed E-state index contributed by atoms with van der Waals surface area (Å²) in [5, 5.41) is 22.3. The van der Waals surface area contributed by atoms with Crippen LogP contribution in [-0.2, 0) is 0 Å². The summed E-state index contributed by atoms with van der Waals surface area (Å²) >= 11 is 0. The van der Waals surface area contributed by atoms with Crippen LogP contribution in [0.25, 0.3) is 5.57 Å². The van der Waals surface area contributed by atoms with Gasteiger partial charge in [-0.3, -0.25) is 0 Å². The highest BCUT2D eigenvalue weighted by molar-refractivity contribution is 5.81. The standard InChI is InChI=1S/C22H31FO2/c1-7-17-18(13(2)3)21(23)19(14(4)5)22(25,15(6)24)20(17)16-11-9-8-10-12-16/h8-15,19,24-25H,7H2,1-6H3. The topological polar surface area (TPSA) is 40.5 Å². The maximum atomic E-state index is 15.6. The normalized spacial score (nSPS) is 26.0. The Morgan fingerprint density at radius 2 is 1.64 bits per heavy atom. The highest BCUT2D eigenvalue weighted by Crippen LogP contribution is 2.53. The van der Waals surface area contributed by atoms with Crippen LogP contribution in [0.5, 0.6) is 0 Å². The van der Waals surface area contributed by atoms with Crippen molar-refractivity contribution in [3.8, 4) is 0 Å². The summed E-state index contributed by atoms with van der Waals surface area (Å²) in [6.45, 7) is 11.3. The Balaban J connectivity index is 2.93. The first-order chi connectivity index (χ1) is 11.7. The summed E-state index contributed by atoms with van der Waals surface area (Å²) in [5.74, 6) is -1.18. The van der Waals surface area contributed by atoms with Gasteiger partial charge in [0.05, 0.1) is 6.10 Å². The number of rotatable bonds is 5. The van der Waals surface area contributed by atoms with Crippen molar-refractivity contribution in [2.75, 3.05) is 0 Å². The van der Waals surface area contributed by atoms with Crippen LogP contribution in [0.3, 0.4) is 0 Å². The van der Waals surface area contributed by atoms with Crippen LogP contribution >= 0.6 is 0 Å². The van der Waals surface area contributed by atoms with Crippen molar-refractivity contribution in [3.05, 3.63) is 52.9 Å². The van der Waals surface area contributed by atoms with E-state index in [1.807, 2.05) is 65.0 Å². The molecule has 138 valence electrons. The summed E-state index contributed by atoms with van der Waals surface area (Å²) in [6, 6.07) is 9.59. The molecule has 3 heteroatoms. The average molecular weight is 346 g/mol. The molecule has 0 aliphatic heterocycles. The Bertz CT molecular complexity index is 671. The fourth-order valence-corrected chi connectivity index (χ4v) is 4.31. The van der Waals surface area contributed by atoms with Gasteiger partial charge < -0.3 is 10.2 Å². The summed E-state index contributed by atoms with van der Waals surface area (Å²) in [5.41, 5.74) is 1.38. The van der Waals surface area contributed by atoms with Crippen molar-refractivity contribution < 1.29 is 14.6 Å². The van der Waals surface area contributed by atoms with Crippen molar-refractivity contribution >= 4 is 5.57 Å². The second-order valence-electron chi connectivity index (χ2n) is 7.71. The van der Waals surface area contributed by atoms with Crippen molar-refractivity contribution in [1.29, 1.82) is 0 Å². The van der Waals surface area contributed by atoms with Crippen LogP contribution in [0.2, 0.25) is 0 Å². The molecule has 1 aliphatic rings. The van der Waals surface area contributed by atoms with Crippen LogP contribution in [0, 0.1) is 17.8 Å². The molecule has 2 nitrogen and oxygen atoms in total. The lowest BCUT2D eigenvalue weighted by molar-refractivity contribution is -0.0712. The Hall–Kier alpha value is -1.45. The summed E-state index contributed by atoms with van der Waals surface area (Å²) in [7, 11) is 0. The van der Waals surface area contributed by atoms with Crippen LogP contribution in [0.15, 0.2) is 47.3 Å². The lowest BCUT2D eigenvalue weighted by Crippen LogP contribution is -2.53. The highest BCUT2D eigenvalue weighted by atomic mass is 19.1. The molecule has 3 unspecified atom stereocenters. The largest absolute Gasteiger partial charge is 0.390 e. The summed E-state index contributed by atoms with van der Waals surface area (Å²) in [4.78, 5) is 0. The van der Waals surface area contributed by atoms with Gasteiger partial charge in [0.2, 0.25) is 0 Å². The number of hydrogen-bond donors (Lipinski definition) is 2. The molecule has 2 rings (SSSR count). The molecule has 0 bridgehead atoms. The quantitative estimate of drug-likeness (QED) is 0.776. The molecule has 1 aromatic rings. The van der Waals surface area contributed by atoms with Crippen LogP contribution in [0.4, 0.5) is 4.39 Å². The predicted molar refractivity (Wildman–Crippen MR) is 102 cm³/mol. The van der Waals surface area contributed by atoms with E-state index in [4.69, 9.17) is 0 Å². The van der Waals surface area contributed by atoms with Gasteiger partial charge in [-0.2, -0.15) is 0 Å². The molecule has 0 heterocycles. The Kier molecular flexibility index (Phi) is 5.90. The van der Waals surface area contributed by atoms with Crippen molar-refractivity contribution in [2.24, 2.45) is 17.8 Å². The minimum atomic E-state index is -1.65. The molecule has 0 fully saturated rings. The van der Waals surface area contributed by atoms with E-state index in [9.17, 15) is 10.2 Å². The molecule has 1 aromatic carbocycles. The minimum absolute atomic E-state index is 0.00783. The first kappa shape index (κ1) is 19.9. The van der Waals surface area contributed by atoms with Crippen molar-refractivity contribution in [3.63, 3.8) is 0 Å².